The fraction of sp³-hybridized carbons (Fsp3) is 0.562. The Balaban J connectivity index is 1.57. The van der Waals surface area contributed by atoms with Crippen LogP contribution in [0.1, 0.15) is 25.0 Å². The van der Waals surface area contributed by atoms with Gasteiger partial charge in [0.2, 0.25) is 11.9 Å². The Labute approximate surface area is 138 Å². The standard InChI is InChI=1S/C16H19F3N4O/c17-16(18,19)13-5-6-20-15(21-13)23-9-7-22(8-10-23)14(24)11-12-3-1-2-4-12/h1,3,5-6,12H,2,4,7-11H2/t12-/m1/s1. The van der Waals surface area contributed by atoms with E-state index >= 15 is 0 Å². The lowest BCUT2D eigenvalue weighted by Crippen LogP contribution is -2.49. The Morgan fingerprint density at radius 1 is 1.25 bits per heavy atom. The highest BCUT2D eigenvalue weighted by Crippen LogP contribution is 2.28. The van der Waals surface area contributed by atoms with Gasteiger partial charge in [-0.3, -0.25) is 4.79 Å². The lowest BCUT2D eigenvalue weighted by atomic mass is 10.0. The van der Waals surface area contributed by atoms with Crippen LogP contribution < -0.4 is 4.90 Å². The van der Waals surface area contributed by atoms with Gasteiger partial charge in [0.05, 0.1) is 0 Å². The number of alkyl halides is 3. The van der Waals surface area contributed by atoms with Crippen LogP contribution in [0.25, 0.3) is 0 Å². The maximum atomic E-state index is 12.7. The number of aromatic nitrogens is 2. The largest absolute Gasteiger partial charge is 0.433 e. The predicted octanol–water partition coefficient (Wildman–Crippen LogP) is 2.50. The zero-order chi connectivity index (χ0) is 17.2. The Bertz CT molecular complexity index is 624. The number of hydrogen-bond donors (Lipinski definition) is 0. The molecule has 1 aliphatic heterocycles. The van der Waals surface area contributed by atoms with Gasteiger partial charge in [-0.15, -0.1) is 0 Å². The summed E-state index contributed by atoms with van der Waals surface area (Å²) in [5, 5.41) is 0. The molecule has 0 bridgehead atoms. The van der Waals surface area contributed by atoms with Gasteiger partial charge in [0.15, 0.2) is 0 Å². The summed E-state index contributed by atoms with van der Waals surface area (Å²) in [6.45, 7) is 1.84. The van der Waals surface area contributed by atoms with Gasteiger partial charge in [0.1, 0.15) is 5.69 Å². The van der Waals surface area contributed by atoms with E-state index in [2.05, 4.69) is 22.1 Å². The quantitative estimate of drug-likeness (QED) is 0.794. The van der Waals surface area contributed by atoms with Gasteiger partial charge < -0.3 is 9.80 Å². The van der Waals surface area contributed by atoms with Crippen molar-refractivity contribution in [3.63, 3.8) is 0 Å². The highest BCUT2D eigenvalue weighted by atomic mass is 19.4. The molecular formula is C16H19F3N4O. The van der Waals surface area contributed by atoms with E-state index in [1.165, 1.54) is 0 Å². The molecule has 0 aromatic carbocycles. The van der Waals surface area contributed by atoms with E-state index in [1.807, 2.05) is 0 Å². The van der Waals surface area contributed by atoms with Crippen molar-refractivity contribution >= 4 is 11.9 Å². The van der Waals surface area contributed by atoms with Crippen molar-refractivity contribution in [2.75, 3.05) is 31.1 Å². The molecular weight excluding hydrogens is 321 g/mol. The number of amides is 1. The molecule has 1 fully saturated rings. The van der Waals surface area contributed by atoms with Crippen LogP contribution in [0.5, 0.6) is 0 Å². The molecule has 1 amide bonds. The second-order valence-corrected chi connectivity index (χ2v) is 6.08. The summed E-state index contributed by atoms with van der Waals surface area (Å²) in [7, 11) is 0. The molecule has 8 heteroatoms. The highest BCUT2D eigenvalue weighted by molar-refractivity contribution is 5.77. The predicted molar refractivity (Wildman–Crippen MR) is 82.3 cm³/mol. The van der Waals surface area contributed by atoms with Gasteiger partial charge >= 0.3 is 6.18 Å². The summed E-state index contributed by atoms with van der Waals surface area (Å²) < 4.78 is 38.2. The molecule has 0 N–H and O–H groups in total. The number of hydrogen-bond acceptors (Lipinski definition) is 4. The van der Waals surface area contributed by atoms with E-state index < -0.39 is 11.9 Å². The first-order chi connectivity index (χ1) is 11.4. The summed E-state index contributed by atoms with van der Waals surface area (Å²) >= 11 is 0. The molecule has 1 aromatic heterocycles. The zero-order valence-corrected chi connectivity index (χ0v) is 13.2. The van der Waals surface area contributed by atoms with Gasteiger partial charge in [-0.25, -0.2) is 9.97 Å². The second kappa shape index (κ2) is 6.78. The number of carbonyl (C=O) groups is 1. The number of piperazine rings is 1. The monoisotopic (exact) mass is 340 g/mol. The average Bonchev–Trinajstić information content (AvgIpc) is 3.07. The van der Waals surface area contributed by atoms with Crippen LogP contribution in [-0.4, -0.2) is 47.0 Å². The third kappa shape index (κ3) is 3.85. The summed E-state index contributed by atoms with van der Waals surface area (Å²) in [5.74, 6) is 0.495. The molecule has 0 spiro atoms. The lowest BCUT2D eigenvalue weighted by molar-refractivity contribution is -0.141. The molecule has 1 atom stereocenters. The van der Waals surface area contributed by atoms with Crippen LogP contribution in [0.2, 0.25) is 0 Å². The van der Waals surface area contributed by atoms with Crippen LogP contribution in [-0.2, 0) is 11.0 Å². The normalized spacial score (nSPS) is 21.4. The molecule has 1 saturated heterocycles. The van der Waals surface area contributed by atoms with Crippen molar-refractivity contribution in [3.05, 3.63) is 30.1 Å². The first-order valence-electron chi connectivity index (χ1n) is 8.03. The molecule has 5 nitrogen and oxygen atoms in total. The minimum Gasteiger partial charge on any atom is -0.339 e. The number of halogens is 3. The van der Waals surface area contributed by atoms with E-state index in [-0.39, 0.29) is 11.9 Å². The first-order valence-corrected chi connectivity index (χ1v) is 8.03. The SMILES string of the molecule is O=C(C[C@@H]1C=CCC1)N1CCN(c2nccc(C(F)(F)F)n2)CC1. The Kier molecular flexibility index (Phi) is 4.73. The Morgan fingerprint density at radius 2 is 2.00 bits per heavy atom. The zero-order valence-electron chi connectivity index (χ0n) is 13.2. The minimum absolute atomic E-state index is 0.0654. The topological polar surface area (TPSA) is 49.3 Å². The molecule has 1 aromatic rings. The molecule has 1 aliphatic carbocycles. The van der Waals surface area contributed by atoms with Crippen molar-refractivity contribution < 1.29 is 18.0 Å². The average molecular weight is 340 g/mol. The second-order valence-electron chi connectivity index (χ2n) is 6.08. The van der Waals surface area contributed by atoms with E-state index in [0.717, 1.165) is 25.1 Å². The summed E-state index contributed by atoms with van der Waals surface area (Å²) in [4.78, 5) is 23.3. The molecule has 130 valence electrons. The number of allylic oxidation sites excluding steroid dienone is 2. The summed E-state index contributed by atoms with van der Waals surface area (Å²) in [6.07, 6.45) is 3.38. The van der Waals surface area contributed by atoms with Gasteiger partial charge in [0.25, 0.3) is 0 Å². The minimum atomic E-state index is -4.48. The van der Waals surface area contributed by atoms with Gasteiger partial charge in [-0.05, 0) is 24.8 Å². The molecule has 0 saturated carbocycles. The number of nitrogens with zero attached hydrogens (tertiary/aromatic N) is 4. The third-order valence-electron chi connectivity index (χ3n) is 4.40. The highest BCUT2D eigenvalue weighted by Gasteiger charge is 2.33. The maximum absolute atomic E-state index is 12.7. The van der Waals surface area contributed by atoms with Gasteiger partial charge in [-0.1, -0.05) is 12.2 Å². The fourth-order valence-corrected chi connectivity index (χ4v) is 3.03. The lowest BCUT2D eigenvalue weighted by Gasteiger charge is -2.35. The summed E-state index contributed by atoms with van der Waals surface area (Å²) in [5.41, 5.74) is -0.945. The molecule has 3 rings (SSSR count). The van der Waals surface area contributed by atoms with Crippen molar-refractivity contribution in [1.82, 2.24) is 14.9 Å². The first kappa shape index (κ1) is 16.7. The smallest absolute Gasteiger partial charge is 0.339 e. The van der Waals surface area contributed by atoms with Crippen molar-refractivity contribution in [3.8, 4) is 0 Å². The molecule has 0 radical (unpaired) electrons. The molecule has 2 heterocycles. The van der Waals surface area contributed by atoms with Crippen molar-refractivity contribution in [2.24, 2.45) is 5.92 Å². The van der Waals surface area contributed by atoms with Crippen LogP contribution in [0.15, 0.2) is 24.4 Å². The van der Waals surface area contributed by atoms with Crippen molar-refractivity contribution in [1.29, 1.82) is 0 Å². The number of rotatable bonds is 3. The van der Waals surface area contributed by atoms with Crippen LogP contribution >= 0.6 is 0 Å². The van der Waals surface area contributed by atoms with Crippen LogP contribution in [0, 0.1) is 5.92 Å². The molecule has 0 unspecified atom stereocenters. The Hall–Kier alpha value is -2.12. The Morgan fingerprint density at radius 3 is 2.62 bits per heavy atom. The van der Waals surface area contributed by atoms with Gasteiger partial charge in [-0.2, -0.15) is 13.2 Å². The van der Waals surface area contributed by atoms with E-state index in [4.69, 9.17) is 0 Å². The van der Waals surface area contributed by atoms with E-state index in [1.54, 1.807) is 9.80 Å². The number of anilines is 1. The number of carbonyl (C=O) groups excluding carboxylic acids is 1. The molecule has 2 aliphatic rings. The van der Waals surface area contributed by atoms with Crippen molar-refractivity contribution in [2.45, 2.75) is 25.4 Å². The summed E-state index contributed by atoms with van der Waals surface area (Å²) in [6, 6.07) is 0.860. The van der Waals surface area contributed by atoms with E-state index in [9.17, 15) is 18.0 Å². The fourth-order valence-electron chi connectivity index (χ4n) is 3.03. The van der Waals surface area contributed by atoms with Crippen LogP contribution in [0.3, 0.4) is 0 Å². The van der Waals surface area contributed by atoms with Gasteiger partial charge in [0, 0.05) is 38.8 Å². The van der Waals surface area contributed by atoms with Crippen LogP contribution in [0.4, 0.5) is 19.1 Å². The third-order valence-corrected chi connectivity index (χ3v) is 4.40. The van der Waals surface area contributed by atoms with E-state index in [0.29, 0.717) is 38.5 Å². The molecule has 24 heavy (non-hydrogen) atoms. The maximum Gasteiger partial charge on any atom is 0.433 e.